The highest BCUT2D eigenvalue weighted by molar-refractivity contribution is 7.14. The first-order chi connectivity index (χ1) is 8.72. The van der Waals surface area contributed by atoms with Crippen LogP contribution in [-0.2, 0) is 0 Å². The Balaban J connectivity index is 1.73. The molecule has 0 aromatic carbocycles. The van der Waals surface area contributed by atoms with Crippen molar-refractivity contribution < 1.29 is 9.90 Å². The van der Waals surface area contributed by atoms with Crippen LogP contribution in [0.4, 0.5) is 5.13 Å². The maximum Gasteiger partial charge on any atom is 0.259 e. The molecule has 92 valence electrons. The molecule has 2 aromatic heterocycles. The standard InChI is InChI=1S/C12H11N3O2S/c16-9-3-8(4-13-5-9)11(17)15-12-14-10(6-18-12)7-1-2-7/h3-7,16H,1-2H2,(H,14,15,17). The molecular formula is C12H11N3O2S. The lowest BCUT2D eigenvalue weighted by molar-refractivity contribution is 0.102. The molecule has 0 saturated heterocycles. The second kappa shape index (κ2) is 4.38. The highest BCUT2D eigenvalue weighted by Gasteiger charge is 2.26. The number of nitrogens with one attached hydrogen (secondary N) is 1. The third kappa shape index (κ3) is 2.33. The first kappa shape index (κ1) is 11.2. The van der Waals surface area contributed by atoms with Crippen molar-refractivity contribution >= 4 is 22.4 Å². The number of amides is 1. The van der Waals surface area contributed by atoms with Crippen LogP contribution in [0.15, 0.2) is 23.8 Å². The Bertz CT molecular complexity index is 593. The van der Waals surface area contributed by atoms with Crippen LogP contribution < -0.4 is 5.32 Å². The van der Waals surface area contributed by atoms with E-state index in [2.05, 4.69) is 15.3 Å². The molecule has 0 spiro atoms. The molecule has 1 amide bonds. The van der Waals surface area contributed by atoms with Crippen LogP contribution in [0.1, 0.15) is 34.8 Å². The zero-order chi connectivity index (χ0) is 12.5. The van der Waals surface area contributed by atoms with Crippen LogP contribution in [0.25, 0.3) is 0 Å². The van der Waals surface area contributed by atoms with Gasteiger partial charge in [0, 0.05) is 17.5 Å². The quantitative estimate of drug-likeness (QED) is 0.889. The molecule has 0 atom stereocenters. The number of hydrogen-bond acceptors (Lipinski definition) is 5. The molecule has 0 radical (unpaired) electrons. The van der Waals surface area contributed by atoms with E-state index in [0.29, 0.717) is 16.6 Å². The van der Waals surface area contributed by atoms with Crippen LogP contribution in [-0.4, -0.2) is 21.0 Å². The van der Waals surface area contributed by atoms with Gasteiger partial charge in [0.15, 0.2) is 5.13 Å². The van der Waals surface area contributed by atoms with Crippen molar-refractivity contribution in [1.29, 1.82) is 0 Å². The van der Waals surface area contributed by atoms with Crippen LogP contribution in [0.2, 0.25) is 0 Å². The predicted octanol–water partition coefficient (Wildman–Crippen LogP) is 2.37. The number of carbonyl (C=O) groups excluding carboxylic acids is 1. The van der Waals surface area contributed by atoms with Crippen molar-refractivity contribution in [2.45, 2.75) is 18.8 Å². The summed E-state index contributed by atoms with van der Waals surface area (Å²) in [6, 6.07) is 1.37. The molecular weight excluding hydrogens is 250 g/mol. The molecule has 0 aliphatic heterocycles. The van der Waals surface area contributed by atoms with Crippen LogP contribution in [0, 0.1) is 0 Å². The smallest absolute Gasteiger partial charge is 0.259 e. The Kier molecular flexibility index (Phi) is 2.71. The van der Waals surface area contributed by atoms with Gasteiger partial charge in [-0.05, 0) is 18.9 Å². The molecule has 1 saturated carbocycles. The van der Waals surface area contributed by atoms with Gasteiger partial charge < -0.3 is 5.11 Å². The third-order valence-corrected chi connectivity index (χ3v) is 3.50. The van der Waals surface area contributed by atoms with Crippen LogP contribution >= 0.6 is 11.3 Å². The first-order valence-corrected chi connectivity index (χ1v) is 6.51. The van der Waals surface area contributed by atoms with E-state index in [1.807, 2.05) is 5.38 Å². The van der Waals surface area contributed by atoms with Gasteiger partial charge in [0.05, 0.1) is 17.5 Å². The van der Waals surface area contributed by atoms with E-state index in [4.69, 9.17) is 0 Å². The normalized spacial score (nSPS) is 14.4. The minimum atomic E-state index is -0.310. The highest BCUT2D eigenvalue weighted by Crippen LogP contribution is 2.40. The molecule has 18 heavy (non-hydrogen) atoms. The lowest BCUT2D eigenvalue weighted by Gasteiger charge is -2.01. The average Bonchev–Trinajstić information content (AvgIpc) is 3.11. The maximum absolute atomic E-state index is 11.9. The number of aromatic hydroxyl groups is 1. The molecule has 2 aromatic rings. The summed E-state index contributed by atoms with van der Waals surface area (Å²) in [5, 5.41) is 14.5. The van der Waals surface area contributed by atoms with E-state index >= 15 is 0 Å². The number of rotatable bonds is 3. The van der Waals surface area contributed by atoms with E-state index in [0.717, 1.165) is 5.69 Å². The Hall–Kier alpha value is -1.95. The monoisotopic (exact) mass is 261 g/mol. The molecule has 1 aliphatic carbocycles. The summed E-state index contributed by atoms with van der Waals surface area (Å²) in [6.07, 6.45) is 5.07. The molecule has 5 nitrogen and oxygen atoms in total. The number of anilines is 1. The van der Waals surface area contributed by atoms with Gasteiger partial charge in [0.2, 0.25) is 0 Å². The Labute approximate surface area is 108 Å². The number of pyridine rings is 1. The van der Waals surface area contributed by atoms with E-state index in [1.54, 1.807) is 0 Å². The van der Waals surface area contributed by atoms with E-state index in [-0.39, 0.29) is 11.7 Å². The Morgan fingerprint density at radius 1 is 1.44 bits per heavy atom. The molecule has 0 unspecified atom stereocenters. The lowest BCUT2D eigenvalue weighted by Crippen LogP contribution is -2.11. The molecule has 2 N–H and O–H groups in total. The maximum atomic E-state index is 11.9. The van der Waals surface area contributed by atoms with Gasteiger partial charge in [0.1, 0.15) is 5.75 Å². The fourth-order valence-electron chi connectivity index (χ4n) is 1.63. The fourth-order valence-corrected chi connectivity index (χ4v) is 2.42. The van der Waals surface area contributed by atoms with Crippen molar-refractivity contribution in [3.05, 3.63) is 35.1 Å². The van der Waals surface area contributed by atoms with Gasteiger partial charge in [-0.3, -0.25) is 15.1 Å². The minimum absolute atomic E-state index is 0.0274. The summed E-state index contributed by atoms with van der Waals surface area (Å²) in [4.78, 5) is 20.0. The second-order valence-electron chi connectivity index (χ2n) is 4.24. The van der Waals surface area contributed by atoms with Crippen molar-refractivity contribution in [2.75, 3.05) is 5.32 Å². The summed E-state index contributed by atoms with van der Waals surface area (Å²) in [6.45, 7) is 0. The van der Waals surface area contributed by atoms with Crippen molar-refractivity contribution in [3.63, 3.8) is 0 Å². The van der Waals surface area contributed by atoms with Gasteiger partial charge in [-0.1, -0.05) is 0 Å². The predicted molar refractivity (Wildman–Crippen MR) is 67.9 cm³/mol. The van der Waals surface area contributed by atoms with Gasteiger partial charge in [0.25, 0.3) is 5.91 Å². The van der Waals surface area contributed by atoms with E-state index in [9.17, 15) is 9.90 Å². The largest absolute Gasteiger partial charge is 0.506 e. The molecule has 1 fully saturated rings. The van der Waals surface area contributed by atoms with Gasteiger partial charge in [-0.15, -0.1) is 11.3 Å². The zero-order valence-electron chi connectivity index (χ0n) is 9.46. The lowest BCUT2D eigenvalue weighted by atomic mass is 10.2. The molecule has 2 heterocycles. The van der Waals surface area contributed by atoms with Gasteiger partial charge in [-0.2, -0.15) is 0 Å². The minimum Gasteiger partial charge on any atom is -0.506 e. The number of hydrogen-bond donors (Lipinski definition) is 2. The number of thiazole rings is 1. The summed E-state index contributed by atoms with van der Waals surface area (Å²) >= 11 is 1.42. The van der Waals surface area contributed by atoms with Crippen molar-refractivity contribution in [2.24, 2.45) is 0 Å². The molecule has 3 rings (SSSR count). The first-order valence-electron chi connectivity index (χ1n) is 5.63. The fraction of sp³-hybridized carbons (Fsp3) is 0.250. The van der Waals surface area contributed by atoms with Crippen LogP contribution in [0.3, 0.4) is 0 Å². The summed E-state index contributed by atoms with van der Waals surface area (Å²) in [7, 11) is 0. The van der Waals surface area contributed by atoms with E-state index < -0.39 is 0 Å². The Morgan fingerprint density at radius 3 is 3.00 bits per heavy atom. The SMILES string of the molecule is O=C(Nc1nc(C2CC2)cs1)c1cncc(O)c1. The summed E-state index contributed by atoms with van der Waals surface area (Å²) in [5.41, 5.74) is 1.38. The number of nitrogens with zero attached hydrogens (tertiary/aromatic N) is 2. The highest BCUT2D eigenvalue weighted by atomic mass is 32.1. The molecule has 1 aliphatic rings. The third-order valence-electron chi connectivity index (χ3n) is 2.72. The van der Waals surface area contributed by atoms with Crippen molar-refractivity contribution in [1.82, 2.24) is 9.97 Å². The summed E-state index contributed by atoms with van der Waals surface area (Å²) < 4.78 is 0. The van der Waals surface area contributed by atoms with Crippen molar-refractivity contribution in [3.8, 4) is 5.75 Å². The molecule has 6 heteroatoms. The second-order valence-corrected chi connectivity index (χ2v) is 5.10. The van der Waals surface area contributed by atoms with Gasteiger partial charge >= 0.3 is 0 Å². The number of carbonyl (C=O) groups is 1. The summed E-state index contributed by atoms with van der Waals surface area (Å²) in [5.74, 6) is 0.241. The molecule has 0 bridgehead atoms. The van der Waals surface area contributed by atoms with Crippen LogP contribution in [0.5, 0.6) is 5.75 Å². The number of aromatic nitrogens is 2. The van der Waals surface area contributed by atoms with E-state index in [1.165, 1.54) is 42.6 Å². The Morgan fingerprint density at radius 2 is 2.28 bits per heavy atom. The topological polar surface area (TPSA) is 75.1 Å². The average molecular weight is 261 g/mol. The zero-order valence-corrected chi connectivity index (χ0v) is 10.3. The van der Waals surface area contributed by atoms with Gasteiger partial charge in [-0.25, -0.2) is 4.98 Å².